The average molecular weight is 351 g/mol. The van der Waals surface area contributed by atoms with Gasteiger partial charge in [-0.3, -0.25) is 0 Å². The SMILES string of the molecule is COc1cccc(-c2cc3c(Nc4ccc(Cl)cc4)ncnc3[nH]2)c1. The van der Waals surface area contributed by atoms with E-state index in [1.807, 2.05) is 54.6 Å². The zero-order valence-corrected chi connectivity index (χ0v) is 14.2. The molecule has 0 saturated carbocycles. The minimum Gasteiger partial charge on any atom is -0.497 e. The van der Waals surface area contributed by atoms with Crippen LogP contribution in [-0.4, -0.2) is 22.1 Å². The van der Waals surface area contributed by atoms with Gasteiger partial charge in [0.25, 0.3) is 0 Å². The maximum Gasteiger partial charge on any atom is 0.143 e. The van der Waals surface area contributed by atoms with E-state index in [0.717, 1.165) is 39.5 Å². The van der Waals surface area contributed by atoms with E-state index in [9.17, 15) is 0 Å². The van der Waals surface area contributed by atoms with E-state index in [-0.39, 0.29) is 0 Å². The van der Waals surface area contributed by atoms with Gasteiger partial charge in [-0.25, -0.2) is 9.97 Å². The number of methoxy groups -OCH3 is 1. The number of anilines is 2. The van der Waals surface area contributed by atoms with Crippen LogP contribution in [0.2, 0.25) is 5.02 Å². The number of benzene rings is 2. The van der Waals surface area contributed by atoms with Gasteiger partial charge in [-0.1, -0.05) is 23.7 Å². The quantitative estimate of drug-likeness (QED) is 0.541. The Hall–Kier alpha value is -3.05. The Labute approximate surface area is 149 Å². The van der Waals surface area contributed by atoms with Crippen molar-refractivity contribution < 1.29 is 4.74 Å². The molecule has 6 heteroatoms. The first-order valence-corrected chi connectivity index (χ1v) is 8.11. The van der Waals surface area contributed by atoms with Crippen LogP contribution < -0.4 is 10.1 Å². The van der Waals surface area contributed by atoms with Crippen molar-refractivity contribution in [1.29, 1.82) is 0 Å². The van der Waals surface area contributed by atoms with E-state index in [1.54, 1.807) is 7.11 Å². The van der Waals surface area contributed by atoms with Gasteiger partial charge >= 0.3 is 0 Å². The van der Waals surface area contributed by atoms with Crippen LogP contribution in [0, 0.1) is 0 Å². The predicted molar refractivity (Wildman–Crippen MR) is 101 cm³/mol. The van der Waals surface area contributed by atoms with Crippen LogP contribution in [0.4, 0.5) is 11.5 Å². The van der Waals surface area contributed by atoms with Gasteiger partial charge in [0, 0.05) is 22.0 Å². The number of hydrogen-bond donors (Lipinski definition) is 2. The second-order valence-corrected chi connectivity index (χ2v) is 5.97. The number of H-pyrrole nitrogens is 1. The summed E-state index contributed by atoms with van der Waals surface area (Å²) in [6, 6.07) is 17.4. The summed E-state index contributed by atoms with van der Waals surface area (Å²) >= 11 is 5.94. The molecule has 2 aromatic heterocycles. The molecule has 0 aliphatic rings. The Morgan fingerprint density at radius 1 is 1.04 bits per heavy atom. The molecule has 2 aromatic carbocycles. The molecule has 0 fully saturated rings. The van der Waals surface area contributed by atoms with Crippen LogP contribution in [0.5, 0.6) is 5.75 Å². The maximum absolute atomic E-state index is 5.94. The Morgan fingerprint density at radius 2 is 1.88 bits per heavy atom. The van der Waals surface area contributed by atoms with E-state index < -0.39 is 0 Å². The molecule has 0 bridgehead atoms. The molecule has 0 unspecified atom stereocenters. The molecular weight excluding hydrogens is 336 g/mol. The minimum atomic E-state index is 0.695. The van der Waals surface area contributed by atoms with Crippen LogP contribution in [-0.2, 0) is 0 Å². The lowest BCUT2D eigenvalue weighted by atomic mass is 10.1. The predicted octanol–water partition coefficient (Wildman–Crippen LogP) is 5.03. The van der Waals surface area contributed by atoms with Gasteiger partial charge in [0.05, 0.1) is 12.5 Å². The van der Waals surface area contributed by atoms with E-state index in [4.69, 9.17) is 16.3 Å². The third kappa shape index (κ3) is 3.14. The number of ether oxygens (including phenoxy) is 1. The van der Waals surface area contributed by atoms with Crippen molar-refractivity contribution in [2.24, 2.45) is 0 Å². The highest BCUT2D eigenvalue weighted by molar-refractivity contribution is 6.30. The van der Waals surface area contributed by atoms with E-state index in [0.29, 0.717) is 5.02 Å². The van der Waals surface area contributed by atoms with Crippen molar-refractivity contribution in [3.63, 3.8) is 0 Å². The molecule has 0 saturated heterocycles. The first-order valence-electron chi connectivity index (χ1n) is 7.74. The average Bonchev–Trinajstić information content (AvgIpc) is 3.09. The third-order valence-corrected chi connectivity index (χ3v) is 4.17. The van der Waals surface area contributed by atoms with Gasteiger partial charge < -0.3 is 15.0 Å². The third-order valence-electron chi connectivity index (χ3n) is 3.91. The van der Waals surface area contributed by atoms with Crippen molar-refractivity contribution in [3.8, 4) is 17.0 Å². The van der Waals surface area contributed by atoms with Crippen molar-refractivity contribution in [1.82, 2.24) is 15.0 Å². The normalized spacial score (nSPS) is 10.8. The molecule has 0 radical (unpaired) electrons. The van der Waals surface area contributed by atoms with Gasteiger partial charge in [-0.05, 0) is 42.5 Å². The summed E-state index contributed by atoms with van der Waals surface area (Å²) in [6.45, 7) is 0. The fourth-order valence-corrected chi connectivity index (χ4v) is 2.78. The number of hydrogen-bond acceptors (Lipinski definition) is 4. The molecule has 2 N–H and O–H groups in total. The summed E-state index contributed by atoms with van der Waals surface area (Å²) in [5, 5.41) is 4.91. The van der Waals surface area contributed by atoms with Crippen LogP contribution in [0.15, 0.2) is 60.9 Å². The molecule has 0 atom stereocenters. The zero-order valence-electron chi connectivity index (χ0n) is 13.5. The highest BCUT2D eigenvalue weighted by Crippen LogP contribution is 2.30. The first-order chi connectivity index (χ1) is 12.2. The van der Waals surface area contributed by atoms with Crippen LogP contribution in [0.1, 0.15) is 0 Å². The van der Waals surface area contributed by atoms with E-state index in [1.165, 1.54) is 6.33 Å². The molecule has 124 valence electrons. The number of aromatic amines is 1. The molecule has 0 aliphatic heterocycles. The highest BCUT2D eigenvalue weighted by atomic mass is 35.5. The minimum absolute atomic E-state index is 0.695. The van der Waals surface area contributed by atoms with Crippen LogP contribution >= 0.6 is 11.6 Å². The number of halogens is 1. The summed E-state index contributed by atoms with van der Waals surface area (Å²) in [5.41, 5.74) is 3.65. The number of nitrogens with zero attached hydrogens (tertiary/aromatic N) is 2. The van der Waals surface area contributed by atoms with Crippen LogP contribution in [0.3, 0.4) is 0 Å². The highest BCUT2D eigenvalue weighted by Gasteiger charge is 2.10. The Balaban J connectivity index is 1.74. The summed E-state index contributed by atoms with van der Waals surface area (Å²) in [6.07, 6.45) is 1.53. The Kier molecular flexibility index (Phi) is 3.99. The molecular formula is C19H15ClN4O. The number of fused-ring (bicyclic) bond motifs is 1. The summed E-state index contributed by atoms with van der Waals surface area (Å²) < 4.78 is 5.30. The monoisotopic (exact) mass is 350 g/mol. The second kappa shape index (κ2) is 6.45. The molecule has 0 spiro atoms. The van der Waals surface area contributed by atoms with Gasteiger partial charge in [-0.15, -0.1) is 0 Å². The van der Waals surface area contributed by atoms with Crippen molar-refractivity contribution in [2.75, 3.05) is 12.4 Å². The zero-order chi connectivity index (χ0) is 17.2. The molecule has 5 nitrogen and oxygen atoms in total. The fraction of sp³-hybridized carbons (Fsp3) is 0.0526. The van der Waals surface area contributed by atoms with E-state index >= 15 is 0 Å². The first kappa shape index (κ1) is 15.5. The maximum atomic E-state index is 5.94. The van der Waals surface area contributed by atoms with E-state index in [2.05, 4.69) is 20.3 Å². The molecule has 25 heavy (non-hydrogen) atoms. The largest absolute Gasteiger partial charge is 0.497 e. The standard InChI is InChI=1S/C19H15ClN4O/c1-25-15-4-2-3-12(9-15)17-10-16-18(21-11-22-19(16)24-17)23-14-7-5-13(20)6-8-14/h2-11H,1H3,(H2,21,22,23,24). The van der Waals surface area contributed by atoms with Crippen molar-refractivity contribution >= 4 is 34.1 Å². The summed E-state index contributed by atoms with van der Waals surface area (Å²) in [5.74, 6) is 1.54. The van der Waals surface area contributed by atoms with Gasteiger partial charge in [0.15, 0.2) is 0 Å². The molecule has 4 rings (SSSR count). The molecule has 0 amide bonds. The lowest BCUT2D eigenvalue weighted by Crippen LogP contribution is -1.94. The lowest BCUT2D eigenvalue weighted by molar-refractivity contribution is 0.415. The molecule has 0 aliphatic carbocycles. The van der Waals surface area contributed by atoms with Gasteiger partial charge in [0.2, 0.25) is 0 Å². The topological polar surface area (TPSA) is 62.8 Å². The number of aromatic nitrogens is 3. The molecule has 4 aromatic rings. The number of nitrogens with one attached hydrogen (secondary N) is 2. The summed E-state index contributed by atoms with van der Waals surface area (Å²) in [7, 11) is 1.66. The van der Waals surface area contributed by atoms with Crippen molar-refractivity contribution in [2.45, 2.75) is 0 Å². The lowest BCUT2D eigenvalue weighted by Gasteiger charge is -2.06. The number of rotatable bonds is 4. The van der Waals surface area contributed by atoms with Crippen molar-refractivity contribution in [3.05, 3.63) is 65.9 Å². The molecule has 2 heterocycles. The Bertz CT molecular complexity index is 1030. The summed E-state index contributed by atoms with van der Waals surface area (Å²) in [4.78, 5) is 12.0. The fourth-order valence-electron chi connectivity index (χ4n) is 2.66. The second-order valence-electron chi connectivity index (χ2n) is 5.53. The van der Waals surface area contributed by atoms with Gasteiger partial charge in [0.1, 0.15) is 23.5 Å². The van der Waals surface area contributed by atoms with Gasteiger partial charge in [-0.2, -0.15) is 0 Å². The van der Waals surface area contributed by atoms with Crippen LogP contribution in [0.25, 0.3) is 22.3 Å². The smallest absolute Gasteiger partial charge is 0.143 e. The Morgan fingerprint density at radius 3 is 2.68 bits per heavy atom.